The van der Waals surface area contributed by atoms with Crippen LogP contribution in [0.25, 0.3) is 0 Å². The lowest BCUT2D eigenvalue weighted by atomic mass is 10.1. The van der Waals surface area contributed by atoms with Gasteiger partial charge in [0.15, 0.2) is 0 Å². The third kappa shape index (κ3) is 3.85. The number of aromatic carboxylic acids is 1. The summed E-state index contributed by atoms with van der Waals surface area (Å²) in [5, 5.41) is 9.11. The molecule has 0 radical (unpaired) electrons. The molecule has 0 aromatic carbocycles. The van der Waals surface area contributed by atoms with Gasteiger partial charge in [0.25, 0.3) is 0 Å². The summed E-state index contributed by atoms with van der Waals surface area (Å²) in [6.07, 6.45) is 8.19. The molecule has 3 heteroatoms. The van der Waals surface area contributed by atoms with E-state index in [4.69, 9.17) is 5.11 Å². The van der Waals surface area contributed by atoms with E-state index >= 15 is 0 Å². The molecule has 1 aromatic heterocycles. The first kappa shape index (κ1) is 15.3. The SMILES string of the molecule is C/C=C\C=C(/CC)CCn1c(C)cc(C(=O)O)c1C. The Morgan fingerprint density at radius 2 is 2.11 bits per heavy atom. The molecule has 0 unspecified atom stereocenters. The zero-order valence-corrected chi connectivity index (χ0v) is 12.2. The number of nitrogens with zero attached hydrogens (tertiary/aromatic N) is 1. The number of hydrogen-bond donors (Lipinski definition) is 1. The molecule has 1 heterocycles. The van der Waals surface area contributed by atoms with Crippen LogP contribution in [0.15, 0.2) is 29.9 Å². The molecule has 0 spiro atoms. The van der Waals surface area contributed by atoms with Crippen LogP contribution < -0.4 is 0 Å². The van der Waals surface area contributed by atoms with Crippen LogP contribution in [0.1, 0.15) is 48.4 Å². The lowest BCUT2D eigenvalue weighted by Crippen LogP contribution is -2.05. The van der Waals surface area contributed by atoms with Crippen molar-refractivity contribution >= 4 is 5.97 Å². The number of rotatable bonds is 6. The minimum Gasteiger partial charge on any atom is -0.478 e. The molecule has 104 valence electrons. The molecule has 0 bridgehead atoms. The van der Waals surface area contributed by atoms with Crippen molar-refractivity contribution in [2.75, 3.05) is 0 Å². The second kappa shape index (κ2) is 6.98. The van der Waals surface area contributed by atoms with E-state index in [0.29, 0.717) is 5.56 Å². The van der Waals surface area contributed by atoms with E-state index in [-0.39, 0.29) is 0 Å². The van der Waals surface area contributed by atoms with Crippen LogP contribution >= 0.6 is 0 Å². The van der Waals surface area contributed by atoms with E-state index in [1.807, 2.05) is 26.8 Å². The van der Waals surface area contributed by atoms with Crippen molar-refractivity contribution in [1.82, 2.24) is 4.57 Å². The third-order valence-corrected chi connectivity index (χ3v) is 3.44. The van der Waals surface area contributed by atoms with Gasteiger partial charge in [-0.15, -0.1) is 0 Å². The minimum atomic E-state index is -0.848. The van der Waals surface area contributed by atoms with Gasteiger partial charge < -0.3 is 9.67 Å². The highest BCUT2D eigenvalue weighted by Gasteiger charge is 2.14. The van der Waals surface area contributed by atoms with Gasteiger partial charge in [0.1, 0.15) is 0 Å². The maximum Gasteiger partial charge on any atom is 0.337 e. The second-order valence-electron chi connectivity index (χ2n) is 4.70. The molecule has 0 saturated carbocycles. The van der Waals surface area contributed by atoms with Crippen molar-refractivity contribution in [1.29, 1.82) is 0 Å². The summed E-state index contributed by atoms with van der Waals surface area (Å²) < 4.78 is 2.09. The number of carboxylic acid groups (broad SMARTS) is 1. The van der Waals surface area contributed by atoms with Crippen molar-refractivity contribution < 1.29 is 9.90 Å². The zero-order valence-electron chi connectivity index (χ0n) is 12.2. The summed E-state index contributed by atoms with van der Waals surface area (Å²) in [4.78, 5) is 11.1. The molecular weight excluding hydrogens is 238 g/mol. The monoisotopic (exact) mass is 261 g/mol. The van der Waals surface area contributed by atoms with E-state index in [2.05, 4.69) is 23.6 Å². The average Bonchev–Trinajstić information content (AvgIpc) is 2.66. The quantitative estimate of drug-likeness (QED) is 0.783. The fourth-order valence-electron chi connectivity index (χ4n) is 2.23. The Morgan fingerprint density at radius 1 is 1.42 bits per heavy atom. The van der Waals surface area contributed by atoms with Gasteiger partial charge in [0.05, 0.1) is 5.56 Å². The average molecular weight is 261 g/mol. The maximum absolute atomic E-state index is 11.1. The predicted octanol–water partition coefficient (Wildman–Crippen LogP) is 4.11. The highest BCUT2D eigenvalue weighted by atomic mass is 16.4. The molecular formula is C16H23NO2. The number of hydrogen-bond acceptors (Lipinski definition) is 1. The Kier molecular flexibility index (Phi) is 5.61. The molecule has 1 N–H and O–H groups in total. The Labute approximate surface area is 115 Å². The first-order chi connectivity index (χ1) is 9.01. The molecule has 0 atom stereocenters. The fourth-order valence-corrected chi connectivity index (χ4v) is 2.23. The van der Waals surface area contributed by atoms with Crippen molar-refractivity contribution in [2.45, 2.75) is 47.1 Å². The van der Waals surface area contributed by atoms with E-state index in [1.165, 1.54) is 5.57 Å². The first-order valence-electron chi connectivity index (χ1n) is 6.72. The lowest BCUT2D eigenvalue weighted by molar-refractivity contribution is 0.0696. The van der Waals surface area contributed by atoms with E-state index < -0.39 is 5.97 Å². The second-order valence-corrected chi connectivity index (χ2v) is 4.70. The van der Waals surface area contributed by atoms with Gasteiger partial charge in [-0.25, -0.2) is 4.79 Å². The standard InChI is InChI=1S/C16H23NO2/c1-5-7-8-14(6-2)9-10-17-12(3)11-15(13(17)4)16(18)19/h5,7-8,11H,6,9-10H2,1-4H3,(H,18,19)/b7-5-,14-8+. The Balaban J connectivity index is 2.86. The molecule has 19 heavy (non-hydrogen) atoms. The Morgan fingerprint density at radius 3 is 2.58 bits per heavy atom. The van der Waals surface area contributed by atoms with Crippen LogP contribution in [0, 0.1) is 13.8 Å². The Bertz CT molecular complexity index is 507. The number of carboxylic acids is 1. The van der Waals surface area contributed by atoms with Crippen molar-refractivity contribution in [3.63, 3.8) is 0 Å². The van der Waals surface area contributed by atoms with Gasteiger partial charge in [-0.1, -0.05) is 30.7 Å². The van der Waals surface area contributed by atoms with Crippen molar-refractivity contribution in [2.24, 2.45) is 0 Å². The van der Waals surface area contributed by atoms with Crippen LogP contribution in [0.5, 0.6) is 0 Å². The number of allylic oxidation sites excluding steroid dienone is 4. The summed E-state index contributed by atoms with van der Waals surface area (Å²) in [5.74, 6) is -0.848. The molecule has 1 rings (SSSR count). The van der Waals surface area contributed by atoms with Gasteiger partial charge in [-0.05, 0) is 39.7 Å². The van der Waals surface area contributed by atoms with Gasteiger partial charge in [0.2, 0.25) is 0 Å². The summed E-state index contributed by atoms with van der Waals surface area (Å²) in [5.41, 5.74) is 3.64. The summed E-state index contributed by atoms with van der Waals surface area (Å²) >= 11 is 0. The topological polar surface area (TPSA) is 42.2 Å². The van der Waals surface area contributed by atoms with Gasteiger partial charge in [-0.3, -0.25) is 0 Å². The first-order valence-corrected chi connectivity index (χ1v) is 6.72. The largest absolute Gasteiger partial charge is 0.478 e. The highest BCUT2D eigenvalue weighted by Crippen LogP contribution is 2.17. The zero-order chi connectivity index (χ0) is 14.4. The van der Waals surface area contributed by atoms with Crippen LogP contribution in [0.2, 0.25) is 0 Å². The normalized spacial score (nSPS) is 12.3. The molecule has 0 saturated heterocycles. The summed E-state index contributed by atoms with van der Waals surface area (Å²) in [7, 11) is 0. The maximum atomic E-state index is 11.1. The summed E-state index contributed by atoms with van der Waals surface area (Å²) in [6, 6.07) is 1.75. The van der Waals surface area contributed by atoms with Gasteiger partial charge in [0, 0.05) is 17.9 Å². The van der Waals surface area contributed by atoms with Crippen LogP contribution in [-0.2, 0) is 6.54 Å². The molecule has 0 aliphatic rings. The molecule has 3 nitrogen and oxygen atoms in total. The smallest absolute Gasteiger partial charge is 0.337 e. The van der Waals surface area contributed by atoms with E-state index in [0.717, 1.165) is 30.8 Å². The van der Waals surface area contributed by atoms with Crippen LogP contribution in [0.3, 0.4) is 0 Å². The van der Waals surface area contributed by atoms with E-state index in [9.17, 15) is 4.79 Å². The predicted molar refractivity (Wildman–Crippen MR) is 78.7 cm³/mol. The lowest BCUT2D eigenvalue weighted by Gasteiger charge is -2.10. The van der Waals surface area contributed by atoms with E-state index in [1.54, 1.807) is 6.07 Å². The summed E-state index contributed by atoms with van der Waals surface area (Å²) in [6.45, 7) is 8.82. The van der Waals surface area contributed by atoms with Crippen LogP contribution in [0.4, 0.5) is 0 Å². The molecule has 1 aromatic rings. The van der Waals surface area contributed by atoms with Crippen LogP contribution in [-0.4, -0.2) is 15.6 Å². The fraction of sp³-hybridized carbons (Fsp3) is 0.438. The molecule has 0 aliphatic carbocycles. The molecule has 0 fully saturated rings. The molecule has 0 aliphatic heterocycles. The third-order valence-electron chi connectivity index (χ3n) is 3.44. The minimum absolute atomic E-state index is 0.410. The Hall–Kier alpha value is -1.77. The van der Waals surface area contributed by atoms with Gasteiger partial charge >= 0.3 is 5.97 Å². The van der Waals surface area contributed by atoms with Crippen molar-refractivity contribution in [3.8, 4) is 0 Å². The number of aromatic nitrogens is 1. The van der Waals surface area contributed by atoms with Crippen molar-refractivity contribution in [3.05, 3.63) is 46.8 Å². The highest BCUT2D eigenvalue weighted by molar-refractivity contribution is 5.89. The number of aryl methyl sites for hydroxylation is 1. The molecule has 0 amide bonds. The number of carbonyl (C=O) groups is 1. The van der Waals surface area contributed by atoms with Gasteiger partial charge in [-0.2, -0.15) is 0 Å².